The summed E-state index contributed by atoms with van der Waals surface area (Å²) in [4.78, 5) is 3.25. The Morgan fingerprint density at radius 1 is 1.56 bits per heavy atom. The largest absolute Gasteiger partial charge is 0.367 e. The highest BCUT2D eigenvalue weighted by Crippen LogP contribution is 2.50. The maximum Gasteiger partial charge on any atom is 0.238 e. The van der Waals surface area contributed by atoms with E-state index in [2.05, 4.69) is 11.8 Å². The zero-order valence-electron chi connectivity index (χ0n) is 11.1. The summed E-state index contributed by atoms with van der Waals surface area (Å²) in [5.74, 6) is 0. The monoisotopic (exact) mass is 273 g/mol. The molecular formula is C12H20NO4P. The number of hydrogen-bond donors (Lipinski definition) is 0. The molecule has 18 heavy (non-hydrogen) atoms. The lowest BCUT2D eigenvalue weighted by Crippen LogP contribution is -2.45. The quantitative estimate of drug-likeness (QED) is 0.423. The Hall–Kier alpha value is -0.240. The van der Waals surface area contributed by atoms with E-state index in [-0.39, 0.29) is 23.9 Å². The Labute approximate surface area is 109 Å². The van der Waals surface area contributed by atoms with E-state index in [1.54, 1.807) is 0 Å². The molecular weight excluding hydrogens is 253 g/mol. The van der Waals surface area contributed by atoms with Crippen molar-refractivity contribution in [1.82, 2.24) is 0 Å². The van der Waals surface area contributed by atoms with Crippen LogP contribution in [0.15, 0.2) is 0 Å². The second-order valence-corrected chi connectivity index (χ2v) is 5.97. The Morgan fingerprint density at radius 3 is 2.94 bits per heavy atom. The van der Waals surface area contributed by atoms with Gasteiger partial charge in [0.15, 0.2) is 8.38 Å². The molecule has 2 bridgehead atoms. The van der Waals surface area contributed by atoms with Crippen LogP contribution >= 0.6 is 8.38 Å². The molecule has 0 aromatic carbocycles. The molecule has 0 aliphatic carbocycles. The molecule has 0 amide bonds. The third-order valence-corrected chi connectivity index (χ3v) is 4.76. The van der Waals surface area contributed by atoms with Crippen molar-refractivity contribution in [2.24, 2.45) is 0 Å². The van der Waals surface area contributed by atoms with Gasteiger partial charge in [0, 0.05) is 6.66 Å². The maximum atomic E-state index is 6.70. The van der Waals surface area contributed by atoms with Crippen molar-refractivity contribution in [1.29, 1.82) is 0 Å². The molecule has 2 aliphatic heterocycles. The molecule has 2 fully saturated rings. The Kier molecular flexibility index (Phi) is 4.58. The van der Waals surface area contributed by atoms with Crippen LogP contribution in [-0.2, 0) is 18.5 Å². The third-order valence-electron chi connectivity index (χ3n) is 3.69. The van der Waals surface area contributed by atoms with Gasteiger partial charge in [0.25, 0.3) is 0 Å². The van der Waals surface area contributed by atoms with E-state index in [0.717, 1.165) is 6.42 Å². The first kappa shape index (κ1) is 14.2. The van der Waals surface area contributed by atoms with Crippen molar-refractivity contribution in [2.75, 3.05) is 26.4 Å². The lowest BCUT2D eigenvalue weighted by atomic mass is 9.91. The van der Waals surface area contributed by atoms with Crippen LogP contribution in [0.1, 0.15) is 20.3 Å². The molecule has 0 saturated carbocycles. The van der Waals surface area contributed by atoms with Crippen molar-refractivity contribution < 1.29 is 18.5 Å². The fourth-order valence-corrected chi connectivity index (χ4v) is 3.74. The van der Waals surface area contributed by atoms with Crippen LogP contribution < -0.4 is 0 Å². The minimum atomic E-state index is -0.976. The SMILES string of the molecule is [C-]#[N+]CCOP(C)O[C@H]1[C@@H]2CO[C@@]1(CC)[C@H](C)O2. The molecule has 1 unspecified atom stereocenters. The minimum Gasteiger partial charge on any atom is -0.367 e. The molecule has 0 N–H and O–H groups in total. The fourth-order valence-electron chi connectivity index (χ4n) is 2.71. The van der Waals surface area contributed by atoms with Crippen molar-refractivity contribution in [2.45, 2.75) is 44.2 Å². The molecule has 5 nitrogen and oxygen atoms in total. The standard InChI is InChI=1S/C12H20NO4P/c1-5-12-9(2)16-10(8-14-12)11(12)17-18(4)15-7-6-13-3/h9-11H,5-8H2,1-2,4H3/t9-,10-,11-,12-,18?/m0/s1. The van der Waals surface area contributed by atoms with Crippen LogP contribution in [0.2, 0.25) is 0 Å². The Bertz CT molecular complexity index is 335. The molecule has 2 heterocycles. The zero-order valence-corrected chi connectivity index (χ0v) is 12.0. The molecule has 2 saturated heterocycles. The van der Waals surface area contributed by atoms with Gasteiger partial charge in [-0.1, -0.05) is 6.92 Å². The molecule has 0 aromatic rings. The van der Waals surface area contributed by atoms with E-state index in [1.165, 1.54) is 0 Å². The first-order chi connectivity index (χ1) is 8.64. The highest BCUT2D eigenvalue weighted by Gasteiger charge is 2.61. The summed E-state index contributed by atoms with van der Waals surface area (Å²) in [6, 6.07) is 0. The predicted octanol–water partition coefficient (Wildman–Crippen LogP) is 2.22. The topological polar surface area (TPSA) is 41.3 Å². The van der Waals surface area contributed by atoms with Crippen molar-refractivity contribution in [3.8, 4) is 0 Å². The second kappa shape index (κ2) is 5.81. The van der Waals surface area contributed by atoms with Crippen LogP contribution in [0.4, 0.5) is 0 Å². The summed E-state index contributed by atoms with van der Waals surface area (Å²) in [6.45, 7) is 14.2. The molecule has 2 rings (SSSR count). The summed E-state index contributed by atoms with van der Waals surface area (Å²) in [6.07, 6.45) is 0.925. The van der Waals surface area contributed by atoms with Gasteiger partial charge in [0.1, 0.15) is 24.4 Å². The van der Waals surface area contributed by atoms with Crippen LogP contribution in [0, 0.1) is 6.57 Å². The van der Waals surface area contributed by atoms with Gasteiger partial charge in [-0.15, -0.1) is 0 Å². The van der Waals surface area contributed by atoms with Gasteiger partial charge in [0.2, 0.25) is 6.54 Å². The molecule has 2 aliphatic rings. The molecule has 5 atom stereocenters. The predicted molar refractivity (Wildman–Crippen MR) is 68.4 cm³/mol. The summed E-state index contributed by atoms with van der Waals surface area (Å²) in [7, 11) is -0.976. The summed E-state index contributed by atoms with van der Waals surface area (Å²) in [5, 5.41) is 0. The van der Waals surface area contributed by atoms with Crippen LogP contribution in [0.25, 0.3) is 4.85 Å². The van der Waals surface area contributed by atoms with Gasteiger partial charge < -0.3 is 23.4 Å². The lowest BCUT2D eigenvalue weighted by Gasteiger charge is -2.33. The van der Waals surface area contributed by atoms with Crippen LogP contribution in [0.5, 0.6) is 0 Å². The summed E-state index contributed by atoms with van der Waals surface area (Å²) < 4.78 is 23.3. The number of hydrogen-bond acceptors (Lipinski definition) is 4. The van der Waals surface area contributed by atoms with Gasteiger partial charge in [0.05, 0.1) is 12.7 Å². The number of fused-ring (bicyclic) bond motifs is 2. The first-order valence-electron chi connectivity index (χ1n) is 6.30. The number of rotatable bonds is 6. The Balaban J connectivity index is 1.91. The average molecular weight is 273 g/mol. The summed E-state index contributed by atoms with van der Waals surface area (Å²) in [5.41, 5.74) is -0.315. The van der Waals surface area contributed by atoms with Gasteiger partial charge in [-0.2, -0.15) is 0 Å². The number of nitrogens with zero attached hydrogens (tertiary/aromatic N) is 1. The van der Waals surface area contributed by atoms with Gasteiger partial charge in [-0.05, 0) is 13.3 Å². The van der Waals surface area contributed by atoms with E-state index >= 15 is 0 Å². The Morgan fingerprint density at radius 2 is 2.33 bits per heavy atom. The lowest BCUT2D eigenvalue weighted by molar-refractivity contribution is -0.143. The van der Waals surface area contributed by atoms with Crippen molar-refractivity contribution in [3.05, 3.63) is 11.4 Å². The van der Waals surface area contributed by atoms with Crippen molar-refractivity contribution in [3.63, 3.8) is 0 Å². The van der Waals surface area contributed by atoms with Crippen LogP contribution in [-0.4, -0.2) is 50.3 Å². The van der Waals surface area contributed by atoms with E-state index in [1.807, 2.05) is 13.6 Å². The first-order valence-corrected chi connectivity index (χ1v) is 7.92. The number of ether oxygens (including phenoxy) is 2. The van der Waals surface area contributed by atoms with Gasteiger partial charge >= 0.3 is 0 Å². The maximum absolute atomic E-state index is 6.70. The second-order valence-electron chi connectivity index (χ2n) is 4.62. The van der Waals surface area contributed by atoms with Gasteiger partial charge in [-0.25, -0.2) is 6.57 Å². The molecule has 0 radical (unpaired) electrons. The highest BCUT2D eigenvalue weighted by atomic mass is 31.2. The van der Waals surface area contributed by atoms with E-state index in [0.29, 0.717) is 19.8 Å². The van der Waals surface area contributed by atoms with Gasteiger partial charge in [-0.3, -0.25) is 0 Å². The third kappa shape index (κ3) is 2.41. The normalized spacial score (nSPS) is 39.8. The zero-order chi connectivity index (χ0) is 13.2. The summed E-state index contributed by atoms with van der Waals surface area (Å²) >= 11 is 0. The highest BCUT2D eigenvalue weighted by molar-refractivity contribution is 7.46. The molecule has 6 heteroatoms. The fraction of sp³-hybridized carbons (Fsp3) is 0.917. The van der Waals surface area contributed by atoms with E-state index in [9.17, 15) is 0 Å². The van der Waals surface area contributed by atoms with E-state index in [4.69, 9.17) is 25.1 Å². The van der Waals surface area contributed by atoms with Crippen molar-refractivity contribution >= 4 is 8.38 Å². The smallest absolute Gasteiger partial charge is 0.238 e. The minimum absolute atomic E-state index is 0.0226. The van der Waals surface area contributed by atoms with E-state index < -0.39 is 8.38 Å². The van der Waals surface area contributed by atoms with Crippen LogP contribution in [0.3, 0.4) is 0 Å². The average Bonchev–Trinajstić information content (AvgIpc) is 2.81. The molecule has 0 aromatic heterocycles. The molecule has 0 spiro atoms. The molecule has 102 valence electrons.